The number of pyridine rings is 1. The first kappa shape index (κ1) is 15.4. The molecule has 1 atom stereocenters. The molecule has 0 aliphatic carbocycles. The second-order valence-electron chi connectivity index (χ2n) is 5.17. The number of benzene rings is 1. The third-order valence-electron chi connectivity index (χ3n) is 2.99. The van der Waals surface area contributed by atoms with Gasteiger partial charge in [0.25, 0.3) is 0 Å². The summed E-state index contributed by atoms with van der Waals surface area (Å²) >= 11 is 0. The van der Waals surface area contributed by atoms with Crippen LogP contribution in [0.1, 0.15) is 31.0 Å². The maximum Gasteiger partial charge on any atom is 0.138 e. The average molecular weight is 292 g/mol. The molecule has 0 radical (unpaired) electrons. The van der Waals surface area contributed by atoms with E-state index in [1.165, 1.54) is 12.1 Å². The largest absolute Gasteiger partial charge is 0.489 e. The molecule has 1 unspecified atom stereocenters. The SMILES string of the molecule is CC(C)Oc1cncc(C(N)Cc2ccc(F)cc2F)c1. The van der Waals surface area contributed by atoms with E-state index >= 15 is 0 Å². The predicted molar refractivity (Wildman–Crippen MR) is 77.0 cm³/mol. The molecule has 2 rings (SSSR count). The lowest BCUT2D eigenvalue weighted by atomic mass is 10.0. The van der Waals surface area contributed by atoms with Crippen molar-refractivity contribution in [1.29, 1.82) is 0 Å². The fourth-order valence-corrected chi connectivity index (χ4v) is 2.02. The van der Waals surface area contributed by atoms with Gasteiger partial charge in [-0.3, -0.25) is 4.98 Å². The zero-order valence-electron chi connectivity index (χ0n) is 12.0. The number of ether oxygens (including phenoxy) is 1. The zero-order chi connectivity index (χ0) is 15.4. The quantitative estimate of drug-likeness (QED) is 0.919. The molecule has 2 N–H and O–H groups in total. The van der Waals surface area contributed by atoms with E-state index in [0.29, 0.717) is 11.3 Å². The first-order valence-corrected chi connectivity index (χ1v) is 6.77. The first-order chi connectivity index (χ1) is 9.95. The monoisotopic (exact) mass is 292 g/mol. The highest BCUT2D eigenvalue weighted by atomic mass is 19.1. The van der Waals surface area contributed by atoms with Gasteiger partial charge in [0.05, 0.1) is 12.3 Å². The molecule has 3 nitrogen and oxygen atoms in total. The van der Waals surface area contributed by atoms with Gasteiger partial charge in [-0.05, 0) is 43.5 Å². The van der Waals surface area contributed by atoms with E-state index in [4.69, 9.17) is 10.5 Å². The van der Waals surface area contributed by atoms with Crippen LogP contribution in [-0.4, -0.2) is 11.1 Å². The van der Waals surface area contributed by atoms with Crippen molar-refractivity contribution in [3.05, 3.63) is 59.4 Å². The van der Waals surface area contributed by atoms with Gasteiger partial charge in [0, 0.05) is 18.3 Å². The van der Waals surface area contributed by atoms with Gasteiger partial charge in [0.1, 0.15) is 17.4 Å². The van der Waals surface area contributed by atoms with Crippen LogP contribution in [0, 0.1) is 11.6 Å². The first-order valence-electron chi connectivity index (χ1n) is 6.77. The van der Waals surface area contributed by atoms with E-state index in [1.54, 1.807) is 18.5 Å². The van der Waals surface area contributed by atoms with Crippen molar-refractivity contribution in [2.45, 2.75) is 32.4 Å². The smallest absolute Gasteiger partial charge is 0.138 e. The molecule has 0 amide bonds. The van der Waals surface area contributed by atoms with Crippen LogP contribution in [0.25, 0.3) is 0 Å². The van der Waals surface area contributed by atoms with E-state index in [-0.39, 0.29) is 12.5 Å². The van der Waals surface area contributed by atoms with Crippen molar-refractivity contribution in [3.63, 3.8) is 0 Å². The Balaban J connectivity index is 2.14. The molecule has 2 aromatic rings. The van der Waals surface area contributed by atoms with Crippen molar-refractivity contribution >= 4 is 0 Å². The Hall–Kier alpha value is -2.01. The Labute approximate surface area is 122 Å². The van der Waals surface area contributed by atoms with Crippen LogP contribution in [0.3, 0.4) is 0 Å². The lowest BCUT2D eigenvalue weighted by Gasteiger charge is -2.15. The second-order valence-corrected chi connectivity index (χ2v) is 5.17. The third kappa shape index (κ3) is 4.23. The Bertz CT molecular complexity index is 617. The van der Waals surface area contributed by atoms with Crippen LogP contribution in [0.2, 0.25) is 0 Å². The molecule has 21 heavy (non-hydrogen) atoms. The summed E-state index contributed by atoms with van der Waals surface area (Å²) in [5, 5.41) is 0. The summed E-state index contributed by atoms with van der Waals surface area (Å²) in [6.45, 7) is 3.83. The summed E-state index contributed by atoms with van der Waals surface area (Å²) in [6, 6.07) is 4.85. The molecular weight excluding hydrogens is 274 g/mol. The topological polar surface area (TPSA) is 48.1 Å². The molecule has 0 bridgehead atoms. The Morgan fingerprint density at radius 1 is 1.19 bits per heavy atom. The molecule has 5 heteroatoms. The van der Waals surface area contributed by atoms with E-state index in [0.717, 1.165) is 11.6 Å². The second kappa shape index (κ2) is 6.63. The molecule has 0 aliphatic heterocycles. The number of hydrogen-bond donors (Lipinski definition) is 1. The van der Waals surface area contributed by atoms with Gasteiger partial charge < -0.3 is 10.5 Å². The normalized spacial score (nSPS) is 12.5. The van der Waals surface area contributed by atoms with Gasteiger partial charge in [-0.25, -0.2) is 8.78 Å². The predicted octanol–water partition coefficient (Wildman–Crippen LogP) is 3.39. The van der Waals surface area contributed by atoms with Crippen molar-refractivity contribution in [1.82, 2.24) is 4.98 Å². The highest BCUT2D eigenvalue weighted by Crippen LogP contribution is 2.21. The van der Waals surface area contributed by atoms with Crippen molar-refractivity contribution in [2.75, 3.05) is 0 Å². The summed E-state index contributed by atoms with van der Waals surface area (Å²) in [5.74, 6) is -0.565. The van der Waals surface area contributed by atoms with Crippen LogP contribution in [-0.2, 0) is 6.42 Å². The van der Waals surface area contributed by atoms with Gasteiger partial charge in [-0.15, -0.1) is 0 Å². The Morgan fingerprint density at radius 2 is 1.95 bits per heavy atom. The zero-order valence-corrected chi connectivity index (χ0v) is 12.0. The molecule has 1 aromatic carbocycles. The van der Waals surface area contributed by atoms with Gasteiger partial charge in [-0.2, -0.15) is 0 Å². The minimum absolute atomic E-state index is 0.0350. The number of hydrogen-bond acceptors (Lipinski definition) is 3. The van der Waals surface area contributed by atoms with E-state index < -0.39 is 17.7 Å². The van der Waals surface area contributed by atoms with E-state index in [9.17, 15) is 8.78 Å². The molecule has 1 aromatic heterocycles. The Morgan fingerprint density at radius 3 is 2.62 bits per heavy atom. The minimum Gasteiger partial charge on any atom is -0.489 e. The fourth-order valence-electron chi connectivity index (χ4n) is 2.02. The third-order valence-corrected chi connectivity index (χ3v) is 2.99. The maximum atomic E-state index is 13.6. The molecule has 0 spiro atoms. The average Bonchev–Trinajstić information content (AvgIpc) is 2.41. The number of nitrogens with zero attached hydrogens (tertiary/aromatic N) is 1. The van der Waals surface area contributed by atoms with Gasteiger partial charge in [-0.1, -0.05) is 6.07 Å². The molecule has 0 fully saturated rings. The van der Waals surface area contributed by atoms with Crippen LogP contribution < -0.4 is 10.5 Å². The fraction of sp³-hybridized carbons (Fsp3) is 0.312. The van der Waals surface area contributed by atoms with Gasteiger partial charge in [0.15, 0.2) is 0 Å². The standard InChI is InChI=1S/C16H18F2N2O/c1-10(2)21-14-5-12(8-20-9-14)16(19)6-11-3-4-13(17)7-15(11)18/h3-5,7-10,16H,6,19H2,1-2H3. The van der Waals surface area contributed by atoms with Crippen LogP contribution in [0.4, 0.5) is 8.78 Å². The lowest BCUT2D eigenvalue weighted by molar-refractivity contribution is 0.241. The molecular formula is C16H18F2N2O. The summed E-state index contributed by atoms with van der Waals surface area (Å²) in [4.78, 5) is 4.08. The number of rotatable bonds is 5. The summed E-state index contributed by atoms with van der Waals surface area (Å²) < 4.78 is 32.1. The highest BCUT2D eigenvalue weighted by molar-refractivity contribution is 5.28. The molecule has 112 valence electrons. The highest BCUT2D eigenvalue weighted by Gasteiger charge is 2.12. The summed E-state index contributed by atoms with van der Waals surface area (Å²) in [7, 11) is 0. The molecule has 1 heterocycles. The number of aromatic nitrogens is 1. The summed E-state index contributed by atoms with van der Waals surface area (Å²) in [6.07, 6.45) is 3.53. The molecule has 0 aliphatic rings. The van der Waals surface area contributed by atoms with Crippen LogP contribution >= 0.6 is 0 Å². The van der Waals surface area contributed by atoms with Gasteiger partial charge >= 0.3 is 0 Å². The van der Waals surface area contributed by atoms with E-state index in [1.807, 2.05) is 13.8 Å². The molecule has 0 saturated heterocycles. The van der Waals surface area contributed by atoms with Crippen LogP contribution in [0.15, 0.2) is 36.7 Å². The van der Waals surface area contributed by atoms with Crippen molar-refractivity contribution in [2.24, 2.45) is 5.73 Å². The lowest BCUT2D eigenvalue weighted by Crippen LogP contribution is -2.15. The van der Waals surface area contributed by atoms with Gasteiger partial charge in [0.2, 0.25) is 0 Å². The maximum absolute atomic E-state index is 13.6. The van der Waals surface area contributed by atoms with Crippen molar-refractivity contribution in [3.8, 4) is 5.75 Å². The molecule has 0 saturated carbocycles. The number of nitrogens with two attached hydrogens (primary N) is 1. The van der Waals surface area contributed by atoms with Crippen LogP contribution in [0.5, 0.6) is 5.75 Å². The number of halogens is 2. The Kier molecular flexibility index (Phi) is 4.85. The van der Waals surface area contributed by atoms with Crippen molar-refractivity contribution < 1.29 is 13.5 Å². The summed E-state index contributed by atoms with van der Waals surface area (Å²) in [5.41, 5.74) is 7.20. The minimum atomic E-state index is -0.598. The van der Waals surface area contributed by atoms with E-state index in [2.05, 4.69) is 4.98 Å².